The molecule has 1 fully saturated rings. The highest BCUT2D eigenvalue weighted by Gasteiger charge is 2.22. The predicted molar refractivity (Wildman–Crippen MR) is 121 cm³/mol. The zero-order valence-electron chi connectivity index (χ0n) is 16.7. The molecule has 3 N–H and O–H groups in total. The second-order valence-corrected chi connectivity index (χ2v) is 7.58. The largest absolute Gasteiger partial charge is 0.361 e. The first-order valence-corrected chi connectivity index (χ1v) is 10.0. The maximum absolute atomic E-state index is 12.6. The summed E-state index contributed by atoms with van der Waals surface area (Å²) in [5.74, 6) is 0.205. The average molecular weight is 413 g/mol. The highest BCUT2D eigenvalue weighted by atomic mass is 35.5. The number of rotatable bonds is 6. The molecule has 1 aliphatic heterocycles. The molecule has 1 aromatic heterocycles. The number of halogens is 1. The number of nitrogens with zero attached hydrogens (tertiary/aromatic N) is 1. The van der Waals surface area contributed by atoms with Crippen LogP contribution in [0.1, 0.15) is 24.0 Å². The van der Waals surface area contributed by atoms with Crippen molar-refractivity contribution in [3.05, 3.63) is 71.9 Å². The summed E-state index contributed by atoms with van der Waals surface area (Å²) in [7, 11) is 0. The molecule has 0 spiro atoms. The molecule has 3 aromatic rings. The molecule has 1 unspecified atom stereocenters. The smallest absolute Gasteiger partial charge is 0.234 e. The maximum atomic E-state index is 12.6. The van der Waals surface area contributed by atoms with Gasteiger partial charge in [0.2, 0.25) is 5.91 Å². The standard InChI is InChI=1S/C23H28N4O.ClH/c1-17-13-24-11-12-27(17)16-23(28)26-14-20(18-7-3-2-4-8-18)21-15-25-22-10-6-5-9-19(21)22;/h2-10,15,17,20,24-25H,11-14,16H2,1H3,(H,26,28);1H/t17-,20?;/m1./s1. The Morgan fingerprint density at radius 1 is 1.17 bits per heavy atom. The van der Waals surface area contributed by atoms with E-state index in [2.05, 4.69) is 76.1 Å². The van der Waals surface area contributed by atoms with Gasteiger partial charge in [-0.05, 0) is 24.1 Å². The number of hydrogen-bond donors (Lipinski definition) is 3. The fraction of sp³-hybridized carbons (Fsp3) is 0.348. The molecule has 2 heterocycles. The summed E-state index contributed by atoms with van der Waals surface area (Å²) in [6.07, 6.45) is 2.08. The third-order valence-electron chi connectivity index (χ3n) is 5.69. The van der Waals surface area contributed by atoms with Crippen molar-refractivity contribution in [2.75, 3.05) is 32.7 Å². The molecule has 1 amide bonds. The Kier molecular flexibility index (Phi) is 7.31. The minimum absolute atomic E-state index is 0. The van der Waals surface area contributed by atoms with Gasteiger partial charge in [0.15, 0.2) is 0 Å². The summed E-state index contributed by atoms with van der Waals surface area (Å²) in [5, 5.41) is 7.76. The van der Waals surface area contributed by atoms with Crippen LogP contribution in [0.25, 0.3) is 10.9 Å². The quantitative estimate of drug-likeness (QED) is 0.583. The predicted octanol–water partition coefficient (Wildman–Crippen LogP) is 3.13. The monoisotopic (exact) mass is 412 g/mol. The molecule has 2 aromatic carbocycles. The molecular weight excluding hydrogens is 384 g/mol. The lowest BCUT2D eigenvalue weighted by molar-refractivity contribution is -0.122. The van der Waals surface area contributed by atoms with Crippen molar-refractivity contribution in [3.63, 3.8) is 0 Å². The molecule has 2 atom stereocenters. The third kappa shape index (κ3) is 4.99. The van der Waals surface area contributed by atoms with Crippen molar-refractivity contribution in [1.82, 2.24) is 20.5 Å². The van der Waals surface area contributed by atoms with Gasteiger partial charge >= 0.3 is 0 Å². The second kappa shape index (κ2) is 9.92. The maximum Gasteiger partial charge on any atom is 0.234 e. The van der Waals surface area contributed by atoms with Crippen molar-refractivity contribution in [1.29, 1.82) is 0 Å². The Morgan fingerprint density at radius 3 is 2.72 bits per heavy atom. The Hall–Kier alpha value is -2.34. The molecule has 154 valence electrons. The van der Waals surface area contributed by atoms with Crippen LogP contribution in [0.2, 0.25) is 0 Å². The Bertz CT molecular complexity index is 927. The van der Waals surface area contributed by atoms with Crippen LogP contribution in [-0.4, -0.2) is 54.6 Å². The van der Waals surface area contributed by atoms with Gasteiger partial charge in [0, 0.05) is 55.2 Å². The molecule has 1 aliphatic rings. The number of fused-ring (bicyclic) bond motifs is 1. The van der Waals surface area contributed by atoms with Gasteiger partial charge in [-0.3, -0.25) is 9.69 Å². The highest BCUT2D eigenvalue weighted by Crippen LogP contribution is 2.30. The zero-order chi connectivity index (χ0) is 19.3. The molecule has 0 aliphatic carbocycles. The van der Waals surface area contributed by atoms with Crippen LogP contribution >= 0.6 is 12.4 Å². The van der Waals surface area contributed by atoms with E-state index in [9.17, 15) is 4.79 Å². The molecule has 6 heteroatoms. The minimum Gasteiger partial charge on any atom is -0.361 e. The van der Waals surface area contributed by atoms with Crippen LogP contribution in [0.5, 0.6) is 0 Å². The number of amides is 1. The van der Waals surface area contributed by atoms with Gasteiger partial charge in [0.25, 0.3) is 0 Å². The fourth-order valence-corrected chi connectivity index (χ4v) is 4.05. The van der Waals surface area contributed by atoms with Crippen LogP contribution in [0.15, 0.2) is 60.8 Å². The van der Waals surface area contributed by atoms with Gasteiger partial charge in [-0.25, -0.2) is 0 Å². The van der Waals surface area contributed by atoms with Gasteiger partial charge in [-0.1, -0.05) is 48.5 Å². The van der Waals surface area contributed by atoms with E-state index < -0.39 is 0 Å². The van der Waals surface area contributed by atoms with E-state index in [1.54, 1.807) is 0 Å². The number of H-pyrrole nitrogens is 1. The van der Waals surface area contributed by atoms with Crippen molar-refractivity contribution in [2.45, 2.75) is 18.9 Å². The summed E-state index contributed by atoms with van der Waals surface area (Å²) in [4.78, 5) is 18.3. The van der Waals surface area contributed by atoms with Crippen LogP contribution in [0, 0.1) is 0 Å². The molecule has 29 heavy (non-hydrogen) atoms. The van der Waals surface area contributed by atoms with Crippen LogP contribution in [-0.2, 0) is 4.79 Å². The zero-order valence-corrected chi connectivity index (χ0v) is 17.5. The van der Waals surface area contributed by atoms with Gasteiger partial charge < -0.3 is 15.6 Å². The summed E-state index contributed by atoms with van der Waals surface area (Å²) >= 11 is 0. The molecule has 5 nitrogen and oxygen atoms in total. The Labute approximate surface area is 178 Å². The minimum atomic E-state index is 0. The van der Waals surface area contributed by atoms with E-state index in [1.807, 2.05) is 12.1 Å². The molecular formula is C23H29ClN4O. The summed E-state index contributed by atoms with van der Waals surface area (Å²) in [5.41, 5.74) is 3.56. The van der Waals surface area contributed by atoms with Crippen LogP contribution in [0.4, 0.5) is 0 Å². The van der Waals surface area contributed by atoms with Gasteiger partial charge in [-0.2, -0.15) is 0 Å². The Morgan fingerprint density at radius 2 is 1.93 bits per heavy atom. The Balaban J connectivity index is 0.00000240. The number of aromatic amines is 1. The number of nitrogens with one attached hydrogen (secondary N) is 3. The van der Waals surface area contributed by atoms with E-state index in [0.717, 1.165) is 25.2 Å². The topological polar surface area (TPSA) is 60.2 Å². The first-order chi connectivity index (χ1) is 13.7. The summed E-state index contributed by atoms with van der Waals surface area (Å²) in [6, 6.07) is 19.1. The van der Waals surface area contributed by atoms with Crippen LogP contribution in [0.3, 0.4) is 0 Å². The van der Waals surface area contributed by atoms with E-state index >= 15 is 0 Å². The van der Waals surface area contributed by atoms with E-state index in [-0.39, 0.29) is 24.2 Å². The number of carbonyl (C=O) groups is 1. The molecule has 0 saturated carbocycles. The van der Waals surface area contributed by atoms with E-state index in [4.69, 9.17) is 0 Å². The van der Waals surface area contributed by atoms with Crippen LogP contribution < -0.4 is 10.6 Å². The third-order valence-corrected chi connectivity index (χ3v) is 5.69. The van der Waals surface area contributed by atoms with Gasteiger partial charge in [-0.15, -0.1) is 12.4 Å². The van der Waals surface area contributed by atoms with Crippen molar-refractivity contribution in [2.24, 2.45) is 0 Å². The summed E-state index contributed by atoms with van der Waals surface area (Å²) in [6.45, 7) is 6.01. The summed E-state index contributed by atoms with van der Waals surface area (Å²) < 4.78 is 0. The number of aromatic nitrogens is 1. The lowest BCUT2D eigenvalue weighted by Crippen LogP contribution is -2.52. The lowest BCUT2D eigenvalue weighted by Gasteiger charge is -2.33. The molecule has 1 saturated heterocycles. The lowest BCUT2D eigenvalue weighted by atomic mass is 9.91. The van der Waals surface area contributed by atoms with Crippen molar-refractivity contribution >= 4 is 29.2 Å². The number of para-hydroxylation sites is 1. The molecule has 4 rings (SSSR count). The van der Waals surface area contributed by atoms with E-state index in [0.29, 0.717) is 19.1 Å². The highest BCUT2D eigenvalue weighted by molar-refractivity contribution is 5.85. The van der Waals surface area contributed by atoms with Crippen molar-refractivity contribution < 1.29 is 4.79 Å². The van der Waals surface area contributed by atoms with Gasteiger partial charge in [0.05, 0.1) is 6.54 Å². The molecule has 0 bridgehead atoms. The molecule has 0 radical (unpaired) electrons. The first kappa shape index (κ1) is 21.4. The average Bonchev–Trinajstić information content (AvgIpc) is 3.15. The van der Waals surface area contributed by atoms with Crippen molar-refractivity contribution in [3.8, 4) is 0 Å². The van der Waals surface area contributed by atoms with Gasteiger partial charge in [0.1, 0.15) is 0 Å². The number of piperazine rings is 1. The van der Waals surface area contributed by atoms with E-state index in [1.165, 1.54) is 16.5 Å². The fourth-order valence-electron chi connectivity index (χ4n) is 4.05. The normalized spacial score (nSPS) is 18.2. The number of carbonyl (C=O) groups excluding carboxylic acids is 1. The first-order valence-electron chi connectivity index (χ1n) is 10.0. The second-order valence-electron chi connectivity index (χ2n) is 7.58. The number of hydrogen-bond acceptors (Lipinski definition) is 3. The SMILES string of the molecule is C[C@@H]1CNCCN1CC(=O)NCC(c1ccccc1)c1c[nH]c2ccccc12.Cl. The number of benzene rings is 2.